The Kier molecular flexibility index (Phi) is 18.4. The van der Waals surface area contributed by atoms with Crippen molar-refractivity contribution in [2.75, 3.05) is 13.2 Å². The van der Waals surface area contributed by atoms with Gasteiger partial charge in [0.1, 0.15) is 0 Å². The molecule has 0 heterocycles. The SMILES string of the molecule is [CH2]C(CO)COC(=O)CCCCCCC/C=C\C/C=C\CCCCC. The van der Waals surface area contributed by atoms with Crippen molar-refractivity contribution in [3.05, 3.63) is 31.2 Å². The molecule has 3 heteroatoms. The second kappa shape index (κ2) is 19.2. The monoisotopic (exact) mass is 351 g/mol. The Hall–Kier alpha value is -1.09. The number of aliphatic hydroxyl groups is 1. The minimum Gasteiger partial charge on any atom is -0.465 e. The summed E-state index contributed by atoms with van der Waals surface area (Å²) in [6, 6.07) is 0. The first-order valence-corrected chi connectivity index (χ1v) is 10.1. The second-order valence-corrected chi connectivity index (χ2v) is 6.71. The van der Waals surface area contributed by atoms with E-state index in [0.29, 0.717) is 6.42 Å². The maximum absolute atomic E-state index is 11.5. The molecular weight excluding hydrogens is 312 g/mol. The largest absolute Gasteiger partial charge is 0.465 e. The molecule has 0 aromatic carbocycles. The van der Waals surface area contributed by atoms with Crippen LogP contribution in [-0.2, 0) is 9.53 Å². The normalized spacial score (nSPS) is 12.9. The summed E-state index contributed by atoms with van der Waals surface area (Å²) in [6.45, 7) is 6.08. The molecule has 3 nitrogen and oxygen atoms in total. The van der Waals surface area contributed by atoms with Gasteiger partial charge in [-0.3, -0.25) is 4.79 Å². The Balaban J connectivity index is 3.30. The van der Waals surface area contributed by atoms with E-state index in [1.165, 1.54) is 44.9 Å². The van der Waals surface area contributed by atoms with Crippen LogP contribution >= 0.6 is 0 Å². The van der Waals surface area contributed by atoms with E-state index in [1.807, 2.05) is 0 Å². The lowest BCUT2D eigenvalue weighted by Crippen LogP contribution is -2.14. The van der Waals surface area contributed by atoms with Gasteiger partial charge in [0.25, 0.3) is 0 Å². The zero-order valence-electron chi connectivity index (χ0n) is 16.3. The van der Waals surface area contributed by atoms with Crippen molar-refractivity contribution in [1.29, 1.82) is 0 Å². The van der Waals surface area contributed by atoms with E-state index in [0.717, 1.165) is 25.7 Å². The summed E-state index contributed by atoms with van der Waals surface area (Å²) in [5, 5.41) is 8.80. The fourth-order valence-electron chi connectivity index (χ4n) is 2.42. The molecule has 0 rings (SSSR count). The Morgan fingerprint density at radius 3 is 2.20 bits per heavy atom. The third kappa shape index (κ3) is 19.1. The number of carbonyl (C=O) groups is 1. The Labute approximate surface area is 155 Å². The number of hydrogen-bond acceptors (Lipinski definition) is 3. The molecule has 1 atom stereocenters. The fraction of sp³-hybridized carbons (Fsp3) is 0.727. The first-order valence-electron chi connectivity index (χ1n) is 10.1. The number of esters is 1. The Morgan fingerprint density at radius 2 is 1.56 bits per heavy atom. The smallest absolute Gasteiger partial charge is 0.305 e. The van der Waals surface area contributed by atoms with E-state index in [2.05, 4.69) is 38.2 Å². The highest BCUT2D eigenvalue weighted by Gasteiger charge is 2.06. The van der Waals surface area contributed by atoms with E-state index >= 15 is 0 Å². The predicted octanol–water partition coefficient (Wildman–Crippen LogP) is 5.79. The second-order valence-electron chi connectivity index (χ2n) is 6.71. The van der Waals surface area contributed by atoms with Crippen LogP contribution in [0.3, 0.4) is 0 Å². The molecule has 0 saturated heterocycles. The molecule has 0 saturated carbocycles. The van der Waals surface area contributed by atoms with Crippen LogP contribution in [0.1, 0.15) is 84.0 Å². The summed E-state index contributed by atoms with van der Waals surface area (Å²) in [4.78, 5) is 11.5. The van der Waals surface area contributed by atoms with E-state index < -0.39 is 0 Å². The molecule has 0 fully saturated rings. The van der Waals surface area contributed by atoms with E-state index in [1.54, 1.807) is 0 Å². The minimum atomic E-state index is -0.214. The first kappa shape index (κ1) is 23.9. The number of ether oxygens (including phenoxy) is 1. The maximum Gasteiger partial charge on any atom is 0.305 e. The van der Waals surface area contributed by atoms with Crippen molar-refractivity contribution in [2.24, 2.45) is 5.92 Å². The van der Waals surface area contributed by atoms with E-state index in [-0.39, 0.29) is 25.1 Å². The number of hydrogen-bond donors (Lipinski definition) is 1. The van der Waals surface area contributed by atoms with Crippen LogP contribution in [0.2, 0.25) is 0 Å². The van der Waals surface area contributed by atoms with Gasteiger partial charge in [-0.1, -0.05) is 63.3 Å². The summed E-state index contributed by atoms with van der Waals surface area (Å²) >= 11 is 0. The highest BCUT2D eigenvalue weighted by molar-refractivity contribution is 5.69. The zero-order valence-corrected chi connectivity index (χ0v) is 16.3. The van der Waals surface area contributed by atoms with Gasteiger partial charge < -0.3 is 9.84 Å². The van der Waals surface area contributed by atoms with Crippen LogP contribution < -0.4 is 0 Å². The topological polar surface area (TPSA) is 46.5 Å². The molecule has 25 heavy (non-hydrogen) atoms. The quantitative estimate of drug-likeness (QED) is 0.205. The summed E-state index contributed by atoms with van der Waals surface area (Å²) in [5.74, 6) is -0.388. The molecule has 0 aliphatic heterocycles. The molecule has 0 aromatic heterocycles. The van der Waals surface area contributed by atoms with Crippen LogP contribution in [-0.4, -0.2) is 24.3 Å². The van der Waals surface area contributed by atoms with Gasteiger partial charge in [-0.15, -0.1) is 0 Å². The number of rotatable bonds is 17. The Morgan fingerprint density at radius 1 is 0.960 bits per heavy atom. The van der Waals surface area contributed by atoms with Gasteiger partial charge in [0, 0.05) is 18.9 Å². The van der Waals surface area contributed by atoms with Crippen LogP contribution in [0.25, 0.3) is 0 Å². The standard InChI is InChI=1S/C22H39O3/c1-3-4-5-6-7-8-9-10-11-12-13-14-15-16-17-18-22(24)25-20-21(2)19-23/h7-8,10-11,21,23H,2-6,9,12-20H2,1H3/b8-7-,11-10-. The number of unbranched alkanes of at least 4 members (excludes halogenated alkanes) is 8. The summed E-state index contributed by atoms with van der Waals surface area (Å²) in [6.07, 6.45) is 22.5. The molecule has 1 unspecified atom stereocenters. The van der Waals surface area contributed by atoms with Gasteiger partial charge in [0.2, 0.25) is 0 Å². The number of carbonyl (C=O) groups excluding carboxylic acids is 1. The van der Waals surface area contributed by atoms with Gasteiger partial charge in [-0.2, -0.15) is 0 Å². The van der Waals surface area contributed by atoms with Crippen LogP contribution in [0.5, 0.6) is 0 Å². The molecule has 0 bridgehead atoms. The van der Waals surface area contributed by atoms with Crippen molar-refractivity contribution >= 4 is 5.97 Å². The maximum atomic E-state index is 11.5. The molecule has 145 valence electrons. The van der Waals surface area contributed by atoms with Crippen LogP contribution in [0, 0.1) is 12.8 Å². The lowest BCUT2D eigenvalue weighted by atomic mass is 10.1. The van der Waals surface area contributed by atoms with Gasteiger partial charge in [-0.25, -0.2) is 0 Å². The van der Waals surface area contributed by atoms with Gasteiger partial charge in [0.05, 0.1) is 6.61 Å². The summed E-state index contributed by atoms with van der Waals surface area (Å²) in [7, 11) is 0. The minimum absolute atomic E-state index is 0.0447. The third-order valence-corrected chi connectivity index (χ3v) is 4.07. The predicted molar refractivity (Wildman–Crippen MR) is 106 cm³/mol. The van der Waals surface area contributed by atoms with E-state index in [9.17, 15) is 4.79 Å². The Bertz CT molecular complexity index is 347. The van der Waals surface area contributed by atoms with Crippen molar-refractivity contribution < 1.29 is 14.6 Å². The average Bonchev–Trinajstić information content (AvgIpc) is 2.62. The van der Waals surface area contributed by atoms with Crippen molar-refractivity contribution in [3.63, 3.8) is 0 Å². The molecular formula is C22H39O3. The van der Waals surface area contributed by atoms with Gasteiger partial charge in [-0.05, 0) is 45.4 Å². The number of aliphatic hydroxyl groups excluding tert-OH is 1. The highest BCUT2D eigenvalue weighted by atomic mass is 16.5. The molecule has 0 spiro atoms. The molecule has 0 amide bonds. The molecule has 0 aliphatic rings. The van der Waals surface area contributed by atoms with Crippen molar-refractivity contribution in [2.45, 2.75) is 84.0 Å². The van der Waals surface area contributed by atoms with Crippen molar-refractivity contribution in [1.82, 2.24) is 0 Å². The zero-order chi connectivity index (χ0) is 18.6. The summed E-state index contributed by atoms with van der Waals surface area (Å²) < 4.78 is 5.04. The fourth-order valence-corrected chi connectivity index (χ4v) is 2.42. The van der Waals surface area contributed by atoms with Gasteiger partial charge >= 0.3 is 5.97 Å². The highest BCUT2D eigenvalue weighted by Crippen LogP contribution is 2.09. The van der Waals surface area contributed by atoms with E-state index in [4.69, 9.17) is 9.84 Å². The third-order valence-electron chi connectivity index (χ3n) is 4.07. The molecule has 1 radical (unpaired) electrons. The average molecular weight is 352 g/mol. The molecule has 0 aliphatic carbocycles. The first-order chi connectivity index (χ1) is 12.2. The summed E-state index contributed by atoms with van der Waals surface area (Å²) in [5.41, 5.74) is 0. The molecule has 0 aromatic rings. The van der Waals surface area contributed by atoms with Crippen LogP contribution in [0.15, 0.2) is 24.3 Å². The molecule has 1 N–H and O–H groups in total. The van der Waals surface area contributed by atoms with Gasteiger partial charge in [0.15, 0.2) is 0 Å². The van der Waals surface area contributed by atoms with Crippen molar-refractivity contribution in [3.8, 4) is 0 Å². The lowest BCUT2D eigenvalue weighted by molar-refractivity contribution is -0.145. The van der Waals surface area contributed by atoms with Crippen LogP contribution in [0.4, 0.5) is 0 Å². The number of allylic oxidation sites excluding steroid dienone is 4. The lowest BCUT2D eigenvalue weighted by Gasteiger charge is -2.08.